The average molecular weight is 511 g/mol. The van der Waals surface area contributed by atoms with Crippen LogP contribution in [0.25, 0.3) is 17.1 Å². The first-order valence-corrected chi connectivity index (χ1v) is 13.4. The standard InChI is InChI=1S/C28H22N4O2S2/c33-23-15-7-4-12-20(23)27-29-30-28(31(27)19-10-2-1-3-11-19)35-18-26(34)32-21-13-5-8-16-24(21)36-25-17-9-6-14-22(25)32/h1-17,21,24,33H,18H2/t21-,24+/m0/s1. The van der Waals surface area contributed by atoms with Crippen LogP contribution in [0.4, 0.5) is 5.69 Å². The summed E-state index contributed by atoms with van der Waals surface area (Å²) in [6.07, 6.45) is 8.30. The maximum atomic E-state index is 13.7. The van der Waals surface area contributed by atoms with Gasteiger partial charge in [0.05, 0.1) is 28.3 Å². The second-order valence-corrected chi connectivity index (χ2v) is 10.5. The van der Waals surface area contributed by atoms with E-state index in [1.54, 1.807) is 23.9 Å². The summed E-state index contributed by atoms with van der Waals surface area (Å²) in [4.78, 5) is 16.7. The zero-order valence-electron chi connectivity index (χ0n) is 19.1. The molecule has 2 atom stereocenters. The van der Waals surface area contributed by atoms with E-state index in [4.69, 9.17) is 0 Å². The van der Waals surface area contributed by atoms with Gasteiger partial charge in [0.25, 0.3) is 0 Å². The van der Waals surface area contributed by atoms with Crippen molar-refractivity contribution in [1.82, 2.24) is 14.8 Å². The first-order chi connectivity index (χ1) is 17.7. The summed E-state index contributed by atoms with van der Waals surface area (Å²) in [6.45, 7) is 0. The highest BCUT2D eigenvalue weighted by Crippen LogP contribution is 2.44. The van der Waals surface area contributed by atoms with Gasteiger partial charge in [-0.2, -0.15) is 0 Å². The van der Waals surface area contributed by atoms with E-state index in [0.29, 0.717) is 16.5 Å². The van der Waals surface area contributed by atoms with E-state index >= 15 is 0 Å². The molecule has 0 radical (unpaired) electrons. The lowest BCUT2D eigenvalue weighted by Gasteiger charge is -2.40. The maximum absolute atomic E-state index is 13.7. The topological polar surface area (TPSA) is 71.2 Å². The molecule has 3 aromatic carbocycles. The van der Waals surface area contributed by atoms with Gasteiger partial charge < -0.3 is 10.0 Å². The largest absolute Gasteiger partial charge is 0.507 e. The summed E-state index contributed by atoms with van der Waals surface area (Å²) in [7, 11) is 0. The highest BCUT2D eigenvalue weighted by Gasteiger charge is 2.36. The fraction of sp³-hybridized carbons (Fsp3) is 0.107. The number of rotatable bonds is 5. The van der Waals surface area contributed by atoms with Gasteiger partial charge >= 0.3 is 0 Å². The first kappa shape index (κ1) is 22.7. The number of phenolic OH excluding ortho intramolecular Hbond substituents is 1. The van der Waals surface area contributed by atoms with Crippen LogP contribution in [-0.4, -0.2) is 42.8 Å². The Bertz CT molecular complexity index is 1480. The number of nitrogens with zero attached hydrogens (tertiary/aromatic N) is 4. The van der Waals surface area contributed by atoms with Crippen LogP contribution >= 0.6 is 23.5 Å². The molecule has 2 aliphatic rings. The number of phenols is 1. The molecular formula is C28H22N4O2S2. The molecule has 178 valence electrons. The van der Waals surface area contributed by atoms with Crippen molar-refractivity contribution in [3.05, 3.63) is 103 Å². The van der Waals surface area contributed by atoms with Gasteiger partial charge in [-0.25, -0.2) is 0 Å². The summed E-state index contributed by atoms with van der Waals surface area (Å²) in [5, 5.41) is 20.1. The number of hydrogen-bond acceptors (Lipinski definition) is 6. The molecule has 1 aromatic heterocycles. The number of aromatic nitrogens is 3. The second kappa shape index (κ2) is 9.72. The van der Waals surface area contributed by atoms with Crippen LogP contribution in [0.15, 0.2) is 113 Å². The van der Waals surface area contributed by atoms with Crippen LogP contribution in [0.5, 0.6) is 5.75 Å². The van der Waals surface area contributed by atoms with Crippen molar-refractivity contribution >= 4 is 35.1 Å². The SMILES string of the molecule is O=C(CSc1nnc(-c2ccccc2O)n1-c1ccccc1)N1c2ccccc2S[C@@H]2C=CC=C[C@@H]21. The third-order valence-electron chi connectivity index (χ3n) is 6.13. The van der Waals surface area contributed by atoms with Crippen LogP contribution < -0.4 is 4.90 Å². The van der Waals surface area contributed by atoms with E-state index < -0.39 is 0 Å². The lowest BCUT2D eigenvalue weighted by molar-refractivity contribution is -0.116. The molecule has 4 aromatic rings. The molecule has 0 spiro atoms. The predicted molar refractivity (Wildman–Crippen MR) is 145 cm³/mol. The average Bonchev–Trinajstić information content (AvgIpc) is 3.34. The Morgan fingerprint density at radius 1 is 0.917 bits per heavy atom. The van der Waals surface area contributed by atoms with Gasteiger partial charge in [0.2, 0.25) is 5.91 Å². The van der Waals surface area contributed by atoms with Crippen molar-refractivity contribution in [3.63, 3.8) is 0 Å². The number of benzene rings is 3. The molecule has 1 N–H and O–H groups in total. The molecule has 1 aliphatic carbocycles. The van der Waals surface area contributed by atoms with E-state index in [0.717, 1.165) is 16.3 Å². The summed E-state index contributed by atoms with van der Waals surface area (Å²) in [5.41, 5.74) is 2.38. The van der Waals surface area contributed by atoms with E-state index in [9.17, 15) is 9.90 Å². The number of hydrogen-bond donors (Lipinski definition) is 1. The fourth-order valence-electron chi connectivity index (χ4n) is 4.49. The van der Waals surface area contributed by atoms with Crippen LogP contribution in [-0.2, 0) is 4.79 Å². The Hall–Kier alpha value is -3.75. The van der Waals surface area contributed by atoms with E-state index in [1.807, 2.05) is 82.3 Å². The molecule has 0 unspecified atom stereocenters. The van der Waals surface area contributed by atoms with E-state index in [1.165, 1.54) is 11.8 Å². The molecular weight excluding hydrogens is 488 g/mol. The molecule has 1 aliphatic heterocycles. The van der Waals surface area contributed by atoms with Gasteiger partial charge in [0, 0.05) is 10.6 Å². The van der Waals surface area contributed by atoms with Crippen LogP contribution in [0, 0.1) is 0 Å². The normalized spacial score (nSPS) is 18.1. The van der Waals surface area contributed by atoms with Gasteiger partial charge in [-0.3, -0.25) is 9.36 Å². The van der Waals surface area contributed by atoms with E-state index in [2.05, 4.69) is 28.4 Å². The van der Waals surface area contributed by atoms with Crippen molar-refractivity contribution in [2.24, 2.45) is 0 Å². The number of aromatic hydroxyl groups is 1. The molecule has 0 saturated carbocycles. The second-order valence-electron chi connectivity index (χ2n) is 8.36. The Morgan fingerprint density at radius 3 is 2.53 bits per heavy atom. The molecule has 6 rings (SSSR count). The lowest BCUT2D eigenvalue weighted by Crippen LogP contribution is -2.48. The van der Waals surface area contributed by atoms with Crippen LogP contribution in [0.1, 0.15) is 0 Å². The number of para-hydroxylation sites is 3. The number of carbonyl (C=O) groups excluding carboxylic acids is 1. The summed E-state index contributed by atoms with van der Waals surface area (Å²) < 4.78 is 1.89. The Morgan fingerprint density at radius 2 is 1.67 bits per heavy atom. The highest BCUT2D eigenvalue weighted by molar-refractivity contribution is 8.00. The predicted octanol–water partition coefficient (Wildman–Crippen LogP) is 5.73. The molecule has 0 saturated heterocycles. The van der Waals surface area contributed by atoms with E-state index in [-0.39, 0.29) is 28.7 Å². The maximum Gasteiger partial charge on any atom is 0.238 e. The van der Waals surface area contributed by atoms with Crippen LogP contribution in [0.3, 0.4) is 0 Å². The highest BCUT2D eigenvalue weighted by atomic mass is 32.2. The number of thioether (sulfide) groups is 2. The minimum Gasteiger partial charge on any atom is -0.507 e. The third-order valence-corrected chi connectivity index (χ3v) is 8.35. The number of amides is 1. The van der Waals surface area contributed by atoms with Crippen molar-refractivity contribution in [3.8, 4) is 22.8 Å². The Labute approximate surface area is 217 Å². The Balaban J connectivity index is 1.33. The van der Waals surface area contributed by atoms with Gasteiger partial charge in [-0.1, -0.05) is 78.5 Å². The van der Waals surface area contributed by atoms with Gasteiger partial charge in [-0.15, -0.1) is 22.0 Å². The zero-order valence-corrected chi connectivity index (χ0v) is 20.8. The molecule has 2 heterocycles. The van der Waals surface area contributed by atoms with Gasteiger partial charge in [0.15, 0.2) is 11.0 Å². The van der Waals surface area contributed by atoms with Crippen molar-refractivity contribution in [1.29, 1.82) is 0 Å². The Kier molecular flexibility index (Phi) is 6.13. The number of allylic oxidation sites excluding steroid dienone is 2. The summed E-state index contributed by atoms with van der Waals surface area (Å²) in [5.74, 6) is 0.857. The van der Waals surface area contributed by atoms with Crippen molar-refractivity contribution in [2.45, 2.75) is 21.3 Å². The molecule has 0 fully saturated rings. The number of carbonyl (C=O) groups is 1. The minimum atomic E-state index is -0.0354. The molecule has 1 amide bonds. The molecule has 0 bridgehead atoms. The lowest BCUT2D eigenvalue weighted by atomic mass is 10.0. The fourth-order valence-corrected chi connectivity index (χ4v) is 6.56. The van der Waals surface area contributed by atoms with Crippen molar-refractivity contribution < 1.29 is 9.90 Å². The minimum absolute atomic E-state index is 0.00872. The number of anilines is 1. The zero-order chi connectivity index (χ0) is 24.5. The van der Waals surface area contributed by atoms with Crippen molar-refractivity contribution in [2.75, 3.05) is 10.7 Å². The summed E-state index contributed by atoms with van der Waals surface area (Å²) >= 11 is 3.14. The third kappa shape index (κ3) is 4.12. The molecule has 36 heavy (non-hydrogen) atoms. The van der Waals surface area contributed by atoms with Gasteiger partial charge in [0.1, 0.15) is 5.75 Å². The smallest absolute Gasteiger partial charge is 0.238 e. The number of fused-ring (bicyclic) bond motifs is 2. The molecule has 8 heteroatoms. The van der Waals surface area contributed by atoms with Gasteiger partial charge in [-0.05, 0) is 36.4 Å². The first-order valence-electron chi connectivity index (χ1n) is 11.6. The quantitative estimate of drug-likeness (QED) is 0.346. The summed E-state index contributed by atoms with van der Waals surface area (Å²) in [6, 6.07) is 24.8. The monoisotopic (exact) mass is 510 g/mol. The molecule has 6 nitrogen and oxygen atoms in total. The van der Waals surface area contributed by atoms with Crippen LogP contribution in [0.2, 0.25) is 0 Å².